The number of benzene rings is 2. The van der Waals surface area contributed by atoms with Gasteiger partial charge in [-0.25, -0.2) is 0 Å². The van der Waals surface area contributed by atoms with Crippen molar-refractivity contribution in [2.75, 3.05) is 11.9 Å². The van der Waals surface area contributed by atoms with Crippen molar-refractivity contribution in [1.82, 2.24) is 4.98 Å². The zero-order chi connectivity index (χ0) is 26.3. The minimum atomic E-state index is -0.261. The summed E-state index contributed by atoms with van der Waals surface area (Å²) >= 11 is 0. The molecule has 1 aromatic heterocycles. The number of pyridine rings is 1. The Morgan fingerprint density at radius 1 is 1.03 bits per heavy atom. The zero-order valence-corrected chi connectivity index (χ0v) is 22.0. The molecule has 196 valence electrons. The Hall–Kier alpha value is -3.25. The number of amides is 1. The SMILES string of the molecule is CC1CC2CC(C1)CC(C)(C(=O)OCc1ccccc1)C2.NCCC(=O)Nc1ccc2cnccc2c1. The largest absolute Gasteiger partial charge is 0.460 e. The van der Waals surface area contributed by atoms with Crippen molar-refractivity contribution in [3.63, 3.8) is 0 Å². The number of carbonyl (C=O) groups is 2. The Morgan fingerprint density at radius 2 is 1.76 bits per heavy atom. The average Bonchev–Trinajstić information content (AvgIpc) is 2.87. The molecule has 2 bridgehead atoms. The second kappa shape index (κ2) is 12.3. The van der Waals surface area contributed by atoms with Gasteiger partial charge in [-0.15, -0.1) is 0 Å². The van der Waals surface area contributed by atoms with E-state index in [0.29, 0.717) is 19.6 Å². The fraction of sp³-hybridized carbons (Fsp3) is 0.452. The first-order valence-electron chi connectivity index (χ1n) is 13.4. The quantitative estimate of drug-likeness (QED) is 0.398. The molecule has 1 amide bonds. The summed E-state index contributed by atoms with van der Waals surface area (Å²) in [5, 5.41) is 4.91. The maximum Gasteiger partial charge on any atom is 0.312 e. The number of carbonyl (C=O) groups excluding carboxylic acids is 2. The molecule has 0 aliphatic heterocycles. The molecule has 3 N–H and O–H groups in total. The summed E-state index contributed by atoms with van der Waals surface area (Å²) in [7, 11) is 0. The number of rotatable bonds is 6. The molecular formula is C31H39N3O3. The Balaban J connectivity index is 0.000000180. The van der Waals surface area contributed by atoms with Crippen LogP contribution in [0.4, 0.5) is 5.69 Å². The van der Waals surface area contributed by atoms with Crippen LogP contribution in [0.15, 0.2) is 67.0 Å². The van der Waals surface area contributed by atoms with Crippen LogP contribution in [-0.2, 0) is 20.9 Å². The Bertz CT molecular complexity index is 1180. The number of hydrogen-bond donors (Lipinski definition) is 2. The highest BCUT2D eigenvalue weighted by Gasteiger charge is 2.46. The number of esters is 1. The predicted molar refractivity (Wildman–Crippen MR) is 148 cm³/mol. The normalized spacial score (nSPS) is 24.5. The van der Waals surface area contributed by atoms with Crippen molar-refractivity contribution < 1.29 is 14.3 Å². The third-order valence-electron chi connectivity index (χ3n) is 7.62. The van der Waals surface area contributed by atoms with Crippen molar-refractivity contribution >= 4 is 28.3 Å². The van der Waals surface area contributed by atoms with E-state index in [2.05, 4.69) is 24.1 Å². The van der Waals surface area contributed by atoms with Gasteiger partial charge >= 0.3 is 5.97 Å². The van der Waals surface area contributed by atoms with E-state index >= 15 is 0 Å². The monoisotopic (exact) mass is 501 g/mol. The molecule has 0 radical (unpaired) electrons. The van der Waals surface area contributed by atoms with Gasteiger partial charge in [-0.3, -0.25) is 14.6 Å². The minimum absolute atomic E-state index is 0.00982. The van der Waals surface area contributed by atoms with Crippen LogP contribution in [0.25, 0.3) is 10.8 Å². The van der Waals surface area contributed by atoms with E-state index in [9.17, 15) is 9.59 Å². The topological polar surface area (TPSA) is 94.3 Å². The standard InChI is InChI=1S/C19H26O2.C12H13N3O/c1-14-8-16-10-17(9-14)12-19(2,11-16)18(20)21-13-15-6-4-3-5-7-15;13-5-3-12(16)15-11-2-1-10-8-14-6-4-9(10)7-11/h3-7,14,16-17H,8-13H2,1-2H3;1-2,4,6-8H,3,5,13H2,(H,15,16). The smallest absolute Gasteiger partial charge is 0.312 e. The Kier molecular flexibility index (Phi) is 8.93. The van der Waals surface area contributed by atoms with E-state index in [1.165, 1.54) is 19.3 Å². The number of hydrogen-bond acceptors (Lipinski definition) is 5. The molecule has 1 heterocycles. The fourth-order valence-electron chi connectivity index (χ4n) is 6.17. The van der Waals surface area contributed by atoms with Crippen molar-refractivity contribution in [1.29, 1.82) is 0 Å². The molecule has 37 heavy (non-hydrogen) atoms. The maximum atomic E-state index is 12.6. The molecule has 6 heteroatoms. The molecule has 0 spiro atoms. The van der Waals surface area contributed by atoms with E-state index in [4.69, 9.17) is 10.5 Å². The van der Waals surface area contributed by atoms with Crippen molar-refractivity contribution in [2.24, 2.45) is 28.9 Å². The highest BCUT2D eigenvalue weighted by atomic mass is 16.5. The van der Waals surface area contributed by atoms with Crippen LogP contribution < -0.4 is 11.1 Å². The summed E-state index contributed by atoms with van der Waals surface area (Å²) in [6, 6.07) is 17.6. The van der Waals surface area contributed by atoms with Gasteiger partial charge in [-0.05, 0) is 85.9 Å². The molecule has 2 atom stereocenters. The van der Waals surface area contributed by atoms with Gasteiger partial charge in [0.25, 0.3) is 0 Å². The van der Waals surface area contributed by atoms with Gasteiger partial charge < -0.3 is 15.8 Å². The molecular weight excluding hydrogens is 462 g/mol. The molecule has 2 aliphatic carbocycles. The number of nitrogens with one attached hydrogen (secondary N) is 1. The predicted octanol–water partition coefficient (Wildman–Crippen LogP) is 6.10. The summed E-state index contributed by atoms with van der Waals surface area (Å²) in [5.74, 6) is 2.23. The minimum Gasteiger partial charge on any atom is -0.460 e. The highest BCUT2D eigenvalue weighted by molar-refractivity contribution is 5.94. The maximum absolute atomic E-state index is 12.6. The number of nitrogens with zero attached hydrogens (tertiary/aromatic N) is 1. The van der Waals surface area contributed by atoms with Crippen molar-refractivity contribution in [3.8, 4) is 0 Å². The highest BCUT2D eigenvalue weighted by Crippen LogP contribution is 2.50. The van der Waals surface area contributed by atoms with Gasteiger partial charge in [0.2, 0.25) is 5.91 Å². The summed E-state index contributed by atoms with van der Waals surface area (Å²) in [5.41, 5.74) is 6.90. The first-order chi connectivity index (χ1) is 17.8. The molecule has 2 aromatic carbocycles. The average molecular weight is 502 g/mol. The zero-order valence-electron chi connectivity index (χ0n) is 22.0. The second-order valence-electron chi connectivity index (χ2n) is 11.1. The lowest BCUT2D eigenvalue weighted by molar-refractivity contribution is -0.162. The van der Waals surface area contributed by atoms with Crippen molar-refractivity contribution in [3.05, 3.63) is 72.6 Å². The number of aromatic nitrogens is 1. The van der Waals surface area contributed by atoms with Crippen LogP contribution in [-0.4, -0.2) is 23.4 Å². The van der Waals surface area contributed by atoms with Gasteiger partial charge in [0.15, 0.2) is 0 Å². The van der Waals surface area contributed by atoms with Crippen LogP contribution in [0, 0.1) is 23.2 Å². The van der Waals surface area contributed by atoms with E-state index < -0.39 is 0 Å². The van der Waals surface area contributed by atoms with Crippen LogP contribution in [0.5, 0.6) is 0 Å². The summed E-state index contributed by atoms with van der Waals surface area (Å²) in [6.45, 7) is 5.25. The number of ether oxygens (including phenoxy) is 1. The molecule has 2 saturated carbocycles. The molecule has 2 fully saturated rings. The van der Waals surface area contributed by atoms with Crippen molar-refractivity contribution in [2.45, 2.75) is 59.0 Å². The van der Waals surface area contributed by atoms with E-state index in [-0.39, 0.29) is 17.3 Å². The lowest BCUT2D eigenvalue weighted by Crippen LogP contribution is -2.41. The van der Waals surface area contributed by atoms with E-state index in [1.54, 1.807) is 12.4 Å². The summed E-state index contributed by atoms with van der Waals surface area (Å²) < 4.78 is 5.62. The molecule has 3 aromatic rings. The number of nitrogens with two attached hydrogens (primary N) is 1. The Morgan fingerprint density at radius 3 is 2.46 bits per heavy atom. The van der Waals surface area contributed by atoms with E-state index in [1.807, 2.05) is 54.6 Å². The van der Waals surface area contributed by atoms with Crippen LogP contribution in [0.2, 0.25) is 0 Å². The number of fused-ring (bicyclic) bond motifs is 3. The lowest BCUT2D eigenvalue weighted by atomic mass is 9.59. The van der Waals surface area contributed by atoms with Crippen LogP contribution >= 0.6 is 0 Å². The first kappa shape index (κ1) is 26.8. The van der Waals surface area contributed by atoms with Gasteiger partial charge in [-0.1, -0.05) is 43.3 Å². The van der Waals surface area contributed by atoms with Crippen LogP contribution in [0.1, 0.15) is 57.9 Å². The first-order valence-corrected chi connectivity index (χ1v) is 13.4. The Labute approximate surface area is 220 Å². The molecule has 5 rings (SSSR count). The summed E-state index contributed by atoms with van der Waals surface area (Å²) in [6.07, 6.45) is 9.80. The lowest BCUT2D eigenvalue weighted by Gasteiger charge is -2.45. The fourth-order valence-corrected chi connectivity index (χ4v) is 6.17. The van der Waals surface area contributed by atoms with Gasteiger partial charge in [0, 0.05) is 36.4 Å². The third kappa shape index (κ3) is 7.39. The van der Waals surface area contributed by atoms with Crippen LogP contribution in [0.3, 0.4) is 0 Å². The third-order valence-corrected chi connectivity index (χ3v) is 7.62. The molecule has 2 aliphatic rings. The summed E-state index contributed by atoms with van der Waals surface area (Å²) in [4.78, 5) is 28.0. The molecule has 2 unspecified atom stereocenters. The molecule has 0 saturated heterocycles. The number of anilines is 1. The molecule has 6 nitrogen and oxygen atoms in total. The second-order valence-corrected chi connectivity index (χ2v) is 11.1. The van der Waals surface area contributed by atoms with E-state index in [0.717, 1.165) is 52.6 Å². The van der Waals surface area contributed by atoms with Gasteiger partial charge in [-0.2, -0.15) is 0 Å². The van der Waals surface area contributed by atoms with Gasteiger partial charge in [0.05, 0.1) is 5.41 Å². The van der Waals surface area contributed by atoms with Gasteiger partial charge in [0.1, 0.15) is 6.61 Å².